The first-order valence-corrected chi connectivity index (χ1v) is 6.88. The van der Waals surface area contributed by atoms with Crippen LogP contribution >= 0.6 is 0 Å². The SMILES string of the molecule is CNCC(CCc1nccn1C)c1ccc(C)cc1. The standard InChI is InChI=1S/C16H23N3/c1-13-4-6-14(7-5-13)15(12-17-2)8-9-16-18-10-11-19(16)3/h4-7,10-11,15,17H,8-9,12H2,1-3H3. The molecule has 0 fully saturated rings. The molecule has 0 bridgehead atoms. The summed E-state index contributed by atoms with van der Waals surface area (Å²) in [5.74, 6) is 1.70. The molecule has 1 atom stereocenters. The molecule has 0 amide bonds. The Morgan fingerprint density at radius 2 is 2.00 bits per heavy atom. The second-order valence-corrected chi connectivity index (χ2v) is 5.16. The van der Waals surface area contributed by atoms with Gasteiger partial charge >= 0.3 is 0 Å². The third-order valence-electron chi connectivity index (χ3n) is 3.64. The molecule has 1 N–H and O–H groups in total. The van der Waals surface area contributed by atoms with Gasteiger partial charge in [-0.3, -0.25) is 0 Å². The van der Waals surface area contributed by atoms with E-state index in [4.69, 9.17) is 0 Å². The third-order valence-corrected chi connectivity index (χ3v) is 3.64. The summed E-state index contributed by atoms with van der Waals surface area (Å²) < 4.78 is 2.10. The number of nitrogens with one attached hydrogen (secondary N) is 1. The Balaban J connectivity index is 2.04. The first-order chi connectivity index (χ1) is 9.20. The maximum absolute atomic E-state index is 4.40. The van der Waals surface area contributed by atoms with Gasteiger partial charge < -0.3 is 9.88 Å². The van der Waals surface area contributed by atoms with Crippen LogP contribution in [0.4, 0.5) is 0 Å². The van der Waals surface area contributed by atoms with Gasteiger partial charge in [0.25, 0.3) is 0 Å². The zero-order valence-electron chi connectivity index (χ0n) is 12.1. The van der Waals surface area contributed by atoms with Gasteiger partial charge in [-0.25, -0.2) is 4.98 Å². The number of nitrogens with zero attached hydrogens (tertiary/aromatic N) is 2. The van der Waals surface area contributed by atoms with Gasteiger partial charge in [-0.15, -0.1) is 0 Å². The summed E-state index contributed by atoms with van der Waals surface area (Å²) in [5.41, 5.74) is 2.73. The number of hydrogen-bond donors (Lipinski definition) is 1. The lowest BCUT2D eigenvalue weighted by Gasteiger charge is -2.17. The Bertz CT molecular complexity index is 499. The van der Waals surface area contributed by atoms with Gasteiger partial charge in [0.2, 0.25) is 0 Å². The Labute approximate surface area is 115 Å². The van der Waals surface area contributed by atoms with E-state index in [-0.39, 0.29) is 0 Å². The van der Waals surface area contributed by atoms with Crippen molar-refractivity contribution < 1.29 is 0 Å². The minimum atomic E-state index is 0.544. The molecule has 1 aromatic heterocycles. The van der Waals surface area contributed by atoms with Crippen LogP contribution in [0.1, 0.15) is 29.3 Å². The van der Waals surface area contributed by atoms with E-state index in [1.165, 1.54) is 11.1 Å². The summed E-state index contributed by atoms with van der Waals surface area (Å²) in [4.78, 5) is 4.40. The molecule has 0 saturated carbocycles. The molecule has 0 radical (unpaired) electrons. The summed E-state index contributed by atoms with van der Waals surface area (Å²) in [6.07, 6.45) is 6.01. The molecule has 1 aromatic carbocycles. The lowest BCUT2D eigenvalue weighted by molar-refractivity contribution is 0.568. The maximum atomic E-state index is 4.40. The smallest absolute Gasteiger partial charge is 0.108 e. The highest BCUT2D eigenvalue weighted by molar-refractivity contribution is 5.25. The number of hydrogen-bond acceptors (Lipinski definition) is 2. The van der Waals surface area contributed by atoms with Gasteiger partial charge in [0, 0.05) is 32.4 Å². The minimum Gasteiger partial charge on any atom is -0.338 e. The topological polar surface area (TPSA) is 29.9 Å². The first kappa shape index (κ1) is 13.8. The predicted molar refractivity (Wildman–Crippen MR) is 79.4 cm³/mol. The second kappa shape index (κ2) is 6.53. The van der Waals surface area contributed by atoms with Crippen molar-refractivity contribution in [1.29, 1.82) is 0 Å². The summed E-state index contributed by atoms with van der Waals surface area (Å²) >= 11 is 0. The van der Waals surface area contributed by atoms with Crippen molar-refractivity contribution in [2.45, 2.75) is 25.7 Å². The predicted octanol–water partition coefficient (Wildman–Crippen LogP) is 2.66. The zero-order chi connectivity index (χ0) is 13.7. The normalized spacial score (nSPS) is 12.6. The first-order valence-electron chi connectivity index (χ1n) is 6.88. The molecule has 1 unspecified atom stereocenters. The molecular formula is C16H23N3. The van der Waals surface area contributed by atoms with Crippen LogP contribution in [0, 0.1) is 6.92 Å². The van der Waals surface area contributed by atoms with Crippen LogP contribution in [-0.2, 0) is 13.5 Å². The monoisotopic (exact) mass is 257 g/mol. The highest BCUT2D eigenvalue weighted by Gasteiger charge is 2.12. The number of rotatable bonds is 6. The Morgan fingerprint density at radius 3 is 2.58 bits per heavy atom. The molecule has 0 spiro atoms. The van der Waals surface area contributed by atoms with E-state index >= 15 is 0 Å². The fourth-order valence-corrected chi connectivity index (χ4v) is 2.41. The quantitative estimate of drug-likeness (QED) is 0.862. The molecular weight excluding hydrogens is 234 g/mol. The van der Waals surface area contributed by atoms with Crippen molar-refractivity contribution in [3.63, 3.8) is 0 Å². The van der Waals surface area contributed by atoms with Gasteiger partial charge in [0.1, 0.15) is 5.82 Å². The zero-order valence-corrected chi connectivity index (χ0v) is 12.1. The summed E-state index contributed by atoms with van der Waals surface area (Å²) in [6, 6.07) is 8.88. The molecule has 19 heavy (non-hydrogen) atoms. The van der Waals surface area contributed by atoms with Crippen LogP contribution in [0.5, 0.6) is 0 Å². The Hall–Kier alpha value is -1.61. The maximum Gasteiger partial charge on any atom is 0.108 e. The van der Waals surface area contributed by atoms with Gasteiger partial charge in [-0.1, -0.05) is 29.8 Å². The van der Waals surface area contributed by atoms with Crippen LogP contribution < -0.4 is 5.32 Å². The molecule has 2 rings (SSSR count). The summed E-state index contributed by atoms with van der Waals surface area (Å²) in [5, 5.41) is 3.30. The van der Waals surface area contributed by atoms with Crippen LogP contribution in [0.2, 0.25) is 0 Å². The second-order valence-electron chi connectivity index (χ2n) is 5.16. The van der Waals surface area contributed by atoms with Crippen molar-refractivity contribution in [1.82, 2.24) is 14.9 Å². The van der Waals surface area contributed by atoms with Gasteiger partial charge in [-0.2, -0.15) is 0 Å². The third kappa shape index (κ3) is 3.67. The number of aryl methyl sites for hydroxylation is 3. The van der Waals surface area contributed by atoms with Crippen LogP contribution in [0.3, 0.4) is 0 Å². The largest absolute Gasteiger partial charge is 0.338 e. The highest BCUT2D eigenvalue weighted by Crippen LogP contribution is 2.21. The van der Waals surface area contributed by atoms with Crippen molar-refractivity contribution >= 4 is 0 Å². The molecule has 2 aromatic rings. The van der Waals surface area contributed by atoms with Gasteiger partial charge in [-0.05, 0) is 31.9 Å². The van der Waals surface area contributed by atoms with Crippen molar-refractivity contribution in [2.75, 3.05) is 13.6 Å². The number of imidazole rings is 1. The lowest BCUT2D eigenvalue weighted by Crippen LogP contribution is -2.18. The average Bonchev–Trinajstić information content (AvgIpc) is 2.81. The molecule has 0 aliphatic rings. The number of benzene rings is 1. The van der Waals surface area contributed by atoms with Crippen molar-refractivity contribution in [2.24, 2.45) is 7.05 Å². The highest BCUT2D eigenvalue weighted by atomic mass is 15.0. The Kier molecular flexibility index (Phi) is 4.74. The van der Waals surface area contributed by atoms with Crippen LogP contribution in [-0.4, -0.2) is 23.1 Å². The summed E-state index contributed by atoms with van der Waals surface area (Å²) in [7, 11) is 4.07. The number of likely N-dealkylation sites (N-methyl/N-ethyl adjacent to an activating group) is 1. The van der Waals surface area contributed by atoms with E-state index in [9.17, 15) is 0 Å². The molecule has 0 aliphatic heterocycles. The van der Waals surface area contributed by atoms with E-state index in [1.54, 1.807) is 0 Å². The molecule has 3 heteroatoms. The molecule has 102 valence electrons. The van der Waals surface area contributed by atoms with Gasteiger partial charge in [0.05, 0.1) is 0 Å². The van der Waals surface area contributed by atoms with E-state index in [0.29, 0.717) is 5.92 Å². The molecule has 0 saturated heterocycles. The fourth-order valence-electron chi connectivity index (χ4n) is 2.41. The minimum absolute atomic E-state index is 0.544. The lowest BCUT2D eigenvalue weighted by atomic mass is 9.93. The van der Waals surface area contributed by atoms with Crippen molar-refractivity contribution in [3.05, 3.63) is 53.6 Å². The molecule has 1 heterocycles. The average molecular weight is 257 g/mol. The number of aromatic nitrogens is 2. The fraction of sp³-hybridized carbons (Fsp3) is 0.438. The van der Waals surface area contributed by atoms with E-state index in [2.05, 4.69) is 53.1 Å². The van der Waals surface area contributed by atoms with E-state index in [0.717, 1.165) is 25.2 Å². The van der Waals surface area contributed by atoms with E-state index in [1.807, 2.05) is 19.4 Å². The molecule has 3 nitrogen and oxygen atoms in total. The Morgan fingerprint density at radius 1 is 1.26 bits per heavy atom. The van der Waals surface area contributed by atoms with E-state index < -0.39 is 0 Å². The van der Waals surface area contributed by atoms with Crippen LogP contribution in [0.25, 0.3) is 0 Å². The summed E-state index contributed by atoms with van der Waals surface area (Å²) in [6.45, 7) is 3.14. The van der Waals surface area contributed by atoms with Crippen LogP contribution in [0.15, 0.2) is 36.7 Å². The molecule has 0 aliphatic carbocycles. The van der Waals surface area contributed by atoms with Gasteiger partial charge in [0.15, 0.2) is 0 Å². The van der Waals surface area contributed by atoms with Crippen molar-refractivity contribution in [3.8, 4) is 0 Å².